The molecule has 1 N–H and O–H groups in total. The van der Waals surface area contributed by atoms with Gasteiger partial charge in [0.25, 0.3) is 0 Å². The third kappa shape index (κ3) is 5.32. The van der Waals surface area contributed by atoms with Gasteiger partial charge in [-0.1, -0.05) is 0 Å². The van der Waals surface area contributed by atoms with Crippen molar-refractivity contribution in [2.24, 2.45) is 5.92 Å². The average molecular weight is 361 g/mol. The Balaban J connectivity index is 1.40. The minimum Gasteiger partial charge on any atom is -0.379 e. The minimum atomic E-state index is 0.0398. The number of hydrogen-bond acceptors (Lipinski definition) is 5. The first-order valence-corrected chi connectivity index (χ1v) is 9.57. The summed E-state index contributed by atoms with van der Waals surface area (Å²) in [5.74, 6) is 1.60. The molecule has 2 aliphatic heterocycles. The van der Waals surface area contributed by atoms with Crippen molar-refractivity contribution in [2.75, 3.05) is 64.9 Å². The molecule has 0 unspecified atom stereocenters. The zero-order valence-corrected chi connectivity index (χ0v) is 16.0. The molecule has 1 aromatic rings. The topological polar surface area (TPSA) is 60.9 Å². The predicted molar refractivity (Wildman–Crippen MR) is 102 cm³/mol. The van der Waals surface area contributed by atoms with Crippen LogP contribution in [0.1, 0.15) is 18.4 Å². The standard InChI is InChI=1S/C19H31N5O2/c1-22(2)18-13-17(3-6-20-18)14-21-19(25)24-7-4-16(5-8-24)15-23-9-11-26-12-10-23/h3,6,13,16H,4-5,7-12,14-15H2,1-2H3,(H,21,25). The second kappa shape index (κ2) is 9.19. The maximum Gasteiger partial charge on any atom is 0.317 e. The summed E-state index contributed by atoms with van der Waals surface area (Å²) in [6.45, 7) is 7.17. The van der Waals surface area contributed by atoms with Crippen molar-refractivity contribution in [3.8, 4) is 0 Å². The molecule has 0 saturated carbocycles. The summed E-state index contributed by atoms with van der Waals surface area (Å²) >= 11 is 0. The van der Waals surface area contributed by atoms with Crippen molar-refractivity contribution in [1.82, 2.24) is 20.1 Å². The van der Waals surface area contributed by atoms with Crippen molar-refractivity contribution in [3.05, 3.63) is 23.9 Å². The van der Waals surface area contributed by atoms with Gasteiger partial charge in [0.2, 0.25) is 0 Å². The molecule has 0 aliphatic carbocycles. The van der Waals surface area contributed by atoms with Crippen LogP contribution >= 0.6 is 0 Å². The number of anilines is 1. The van der Waals surface area contributed by atoms with Crippen LogP contribution in [0, 0.1) is 5.92 Å². The van der Waals surface area contributed by atoms with Crippen molar-refractivity contribution in [2.45, 2.75) is 19.4 Å². The van der Waals surface area contributed by atoms with E-state index in [4.69, 9.17) is 4.74 Å². The molecule has 0 spiro atoms. The monoisotopic (exact) mass is 361 g/mol. The molecule has 7 nitrogen and oxygen atoms in total. The highest BCUT2D eigenvalue weighted by atomic mass is 16.5. The summed E-state index contributed by atoms with van der Waals surface area (Å²) in [5.41, 5.74) is 1.07. The number of aromatic nitrogens is 1. The maximum atomic E-state index is 12.4. The van der Waals surface area contributed by atoms with Crippen molar-refractivity contribution in [1.29, 1.82) is 0 Å². The number of morpholine rings is 1. The number of nitrogens with one attached hydrogen (secondary N) is 1. The van der Waals surface area contributed by atoms with Gasteiger partial charge < -0.3 is 19.9 Å². The third-order valence-electron chi connectivity index (χ3n) is 5.23. The normalized spacial score (nSPS) is 19.4. The second-order valence-corrected chi connectivity index (χ2v) is 7.42. The number of ether oxygens (including phenoxy) is 1. The van der Waals surface area contributed by atoms with Gasteiger partial charge >= 0.3 is 6.03 Å². The molecular formula is C19H31N5O2. The third-order valence-corrected chi connectivity index (χ3v) is 5.23. The highest BCUT2D eigenvalue weighted by molar-refractivity contribution is 5.74. The fourth-order valence-electron chi connectivity index (χ4n) is 3.57. The summed E-state index contributed by atoms with van der Waals surface area (Å²) < 4.78 is 5.41. The summed E-state index contributed by atoms with van der Waals surface area (Å²) in [5, 5.41) is 3.04. The van der Waals surface area contributed by atoms with E-state index in [9.17, 15) is 4.79 Å². The van der Waals surface area contributed by atoms with Crippen LogP contribution in [-0.2, 0) is 11.3 Å². The van der Waals surface area contributed by atoms with Gasteiger partial charge in [-0.15, -0.1) is 0 Å². The number of rotatable bonds is 5. The summed E-state index contributed by atoms with van der Waals surface area (Å²) in [7, 11) is 3.93. The highest BCUT2D eigenvalue weighted by Gasteiger charge is 2.24. The average Bonchev–Trinajstić information content (AvgIpc) is 2.68. The lowest BCUT2D eigenvalue weighted by atomic mass is 9.96. The van der Waals surface area contributed by atoms with Gasteiger partial charge in [-0.25, -0.2) is 9.78 Å². The molecule has 2 aliphatic rings. The van der Waals surface area contributed by atoms with E-state index >= 15 is 0 Å². The van der Waals surface area contributed by atoms with Crippen LogP contribution in [0.2, 0.25) is 0 Å². The molecule has 7 heteroatoms. The van der Waals surface area contributed by atoms with Crippen molar-refractivity contribution in [3.63, 3.8) is 0 Å². The Labute approximate surface area is 156 Å². The molecule has 0 radical (unpaired) electrons. The first-order valence-electron chi connectivity index (χ1n) is 9.57. The number of carbonyl (C=O) groups is 1. The molecule has 0 atom stereocenters. The van der Waals surface area contributed by atoms with Gasteiger partial charge in [0.15, 0.2) is 0 Å². The number of nitrogens with zero attached hydrogens (tertiary/aromatic N) is 4. The van der Waals surface area contributed by atoms with Crippen LogP contribution in [-0.4, -0.2) is 80.8 Å². The van der Waals surface area contributed by atoms with Crippen LogP contribution in [0.15, 0.2) is 18.3 Å². The largest absolute Gasteiger partial charge is 0.379 e. The quantitative estimate of drug-likeness (QED) is 0.859. The number of urea groups is 1. The van der Waals surface area contributed by atoms with E-state index in [1.807, 2.05) is 36.0 Å². The van der Waals surface area contributed by atoms with E-state index in [1.165, 1.54) is 0 Å². The Morgan fingerprint density at radius 2 is 2.00 bits per heavy atom. The molecule has 3 rings (SSSR count). The highest BCUT2D eigenvalue weighted by Crippen LogP contribution is 2.19. The Bertz CT molecular complexity index is 581. The molecule has 2 amide bonds. The molecule has 0 bridgehead atoms. The first-order chi connectivity index (χ1) is 12.6. The van der Waals surface area contributed by atoms with Crippen molar-refractivity contribution < 1.29 is 9.53 Å². The van der Waals surface area contributed by atoms with Gasteiger partial charge in [0.1, 0.15) is 5.82 Å². The lowest BCUT2D eigenvalue weighted by molar-refractivity contribution is 0.0258. The molecule has 1 aromatic heterocycles. The first kappa shape index (κ1) is 18.9. The van der Waals surface area contributed by atoms with Crippen LogP contribution in [0.5, 0.6) is 0 Å². The molecule has 0 aromatic carbocycles. The van der Waals surface area contributed by atoms with E-state index in [1.54, 1.807) is 6.20 Å². The molecule has 2 saturated heterocycles. The Hall–Kier alpha value is -1.86. The van der Waals surface area contributed by atoms with Crippen LogP contribution in [0.25, 0.3) is 0 Å². The van der Waals surface area contributed by atoms with E-state index in [0.717, 1.165) is 70.2 Å². The zero-order chi connectivity index (χ0) is 18.4. The zero-order valence-electron chi connectivity index (χ0n) is 16.0. The summed E-state index contributed by atoms with van der Waals surface area (Å²) in [4.78, 5) is 23.2. The number of amides is 2. The van der Waals surface area contributed by atoms with Gasteiger partial charge in [-0.3, -0.25) is 4.90 Å². The Kier molecular flexibility index (Phi) is 6.68. The van der Waals surface area contributed by atoms with E-state index in [0.29, 0.717) is 12.5 Å². The number of piperidine rings is 1. The SMILES string of the molecule is CN(C)c1cc(CNC(=O)N2CCC(CN3CCOCC3)CC2)ccn1. The Morgan fingerprint density at radius 1 is 1.27 bits per heavy atom. The van der Waals surface area contributed by atoms with E-state index < -0.39 is 0 Å². The molecule has 26 heavy (non-hydrogen) atoms. The summed E-state index contributed by atoms with van der Waals surface area (Å²) in [6.07, 6.45) is 3.96. The number of carbonyl (C=O) groups excluding carboxylic acids is 1. The van der Waals surface area contributed by atoms with Crippen LogP contribution in [0.3, 0.4) is 0 Å². The predicted octanol–water partition coefficient (Wildman–Crippen LogP) is 1.40. The molecule has 144 valence electrons. The van der Waals surface area contributed by atoms with Gasteiger partial charge in [-0.05, 0) is 36.5 Å². The molecule has 2 fully saturated rings. The van der Waals surface area contributed by atoms with Gasteiger partial charge in [-0.2, -0.15) is 0 Å². The molecule has 3 heterocycles. The van der Waals surface area contributed by atoms with Gasteiger partial charge in [0.05, 0.1) is 13.2 Å². The Morgan fingerprint density at radius 3 is 2.69 bits per heavy atom. The maximum absolute atomic E-state index is 12.4. The van der Waals surface area contributed by atoms with Crippen LogP contribution in [0.4, 0.5) is 10.6 Å². The number of pyridine rings is 1. The van der Waals surface area contributed by atoms with Gasteiger partial charge in [0, 0.05) is 59.6 Å². The second-order valence-electron chi connectivity index (χ2n) is 7.42. The van der Waals surface area contributed by atoms with E-state index in [2.05, 4.69) is 15.2 Å². The van der Waals surface area contributed by atoms with E-state index in [-0.39, 0.29) is 6.03 Å². The fourth-order valence-corrected chi connectivity index (χ4v) is 3.57. The summed E-state index contributed by atoms with van der Waals surface area (Å²) in [6, 6.07) is 3.99. The minimum absolute atomic E-state index is 0.0398. The fraction of sp³-hybridized carbons (Fsp3) is 0.684. The molecular weight excluding hydrogens is 330 g/mol. The smallest absolute Gasteiger partial charge is 0.317 e. The van der Waals surface area contributed by atoms with Crippen LogP contribution < -0.4 is 10.2 Å². The number of likely N-dealkylation sites (tertiary alicyclic amines) is 1. The van der Waals surface area contributed by atoms with Crippen molar-refractivity contribution >= 4 is 11.8 Å². The lowest BCUT2D eigenvalue weighted by Crippen LogP contribution is -2.47. The number of hydrogen-bond donors (Lipinski definition) is 1. The lowest BCUT2D eigenvalue weighted by Gasteiger charge is -2.36.